The predicted molar refractivity (Wildman–Crippen MR) is 64.6 cm³/mol. The van der Waals surface area contributed by atoms with Crippen molar-refractivity contribution in [2.24, 2.45) is 0 Å². The average Bonchev–Trinajstić information content (AvgIpc) is 2.30. The van der Waals surface area contributed by atoms with Gasteiger partial charge in [0.15, 0.2) is 0 Å². The molecule has 0 bridgehead atoms. The number of rotatable bonds is 6. The Labute approximate surface area is 101 Å². The van der Waals surface area contributed by atoms with Crippen LogP contribution in [0.4, 0.5) is 0 Å². The van der Waals surface area contributed by atoms with Gasteiger partial charge < -0.3 is 9.47 Å². The summed E-state index contributed by atoms with van der Waals surface area (Å²) in [6.07, 6.45) is 0. The summed E-state index contributed by atoms with van der Waals surface area (Å²) in [5, 5.41) is 0. The lowest BCUT2D eigenvalue weighted by molar-refractivity contribution is -0.126. The highest BCUT2D eigenvalue weighted by Crippen LogP contribution is 2.20. The van der Waals surface area contributed by atoms with E-state index in [1.165, 1.54) is 0 Å². The van der Waals surface area contributed by atoms with Crippen molar-refractivity contribution in [1.82, 2.24) is 10.9 Å². The molecule has 2 N–H and O–H groups in total. The third kappa shape index (κ3) is 4.42. The minimum atomic E-state index is -0.209. The molecule has 0 aliphatic heterocycles. The van der Waals surface area contributed by atoms with Crippen LogP contribution in [0.1, 0.15) is 11.1 Å². The second-order valence-electron chi connectivity index (χ2n) is 3.61. The highest BCUT2D eigenvalue weighted by Gasteiger charge is 2.05. The normalized spacial score (nSPS) is 10.1. The highest BCUT2D eigenvalue weighted by molar-refractivity contribution is 5.76. The first-order chi connectivity index (χ1) is 8.17. The Hall–Kier alpha value is -1.59. The summed E-state index contributed by atoms with van der Waals surface area (Å²) in [5.41, 5.74) is 7.03. The van der Waals surface area contributed by atoms with Gasteiger partial charge in [0.2, 0.25) is 0 Å². The van der Waals surface area contributed by atoms with Gasteiger partial charge in [0, 0.05) is 12.6 Å². The molecule has 94 valence electrons. The number of carbonyl (C=O) groups excluding carboxylic acids is 1. The third-order valence-electron chi connectivity index (χ3n) is 2.19. The minimum Gasteiger partial charge on any atom is -0.496 e. The summed E-state index contributed by atoms with van der Waals surface area (Å²) in [7, 11) is 3.24. The second-order valence-corrected chi connectivity index (χ2v) is 3.61. The maximum atomic E-state index is 11.1. The van der Waals surface area contributed by atoms with Crippen LogP contribution >= 0.6 is 0 Å². The van der Waals surface area contributed by atoms with Gasteiger partial charge in [0.25, 0.3) is 5.91 Å². The van der Waals surface area contributed by atoms with E-state index < -0.39 is 0 Å². The summed E-state index contributed by atoms with van der Waals surface area (Å²) in [4.78, 5) is 11.1. The Morgan fingerprint density at radius 2 is 2.18 bits per heavy atom. The van der Waals surface area contributed by atoms with E-state index in [2.05, 4.69) is 10.9 Å². The van der Waals surface area contributed by atoms with Gasteiger partial charge in [0.1, 0.15) is 12.4 Å². The van der Waals surface area contributed by atoms with Crippen LogP contribution < -0.4 is 15.6 Å². The largest absolute Gasteiger partial charge is 0.496 e. The number of amides is 1. The summed E-state index contributed by atoms with van der Waals surface area (Å²) in [6, 6.07) is 5.84. The Morgan fingerprint density at radius 3 is 2.82 bits per heavy atom. The predicted octanol–water partition coefficient (Wildman–Crippen LogP) is 0.771. The Morgan fingerprint density at radius 1 is 1.41 bits per heavy atom. The maximum Gasteiger partial charge on any atom is 0.260 e. The third-order valence-corrected chi connectivity index (χ3v) is 2.19. The van der Waals surface area contributed by atoms with E-state index in [9.17, 15) is 4.79 Å². The standard InChI is InChI=1S/C12H18N2O3/c1-9-4-5-11(16-3)10(6-9)7-17-8-12(15)14-13-2/h4-6,13H,7-8H2,1-3H3,(H,14,15). The molecular weight excluding hydrogens is 220 g/mol. The van der Waals surface area contributed by atoms with E-state index in [0.29, 0.717) is 6.61 Å². The molecule has 5 nitrogen and oxygen atoms in total. The second kappa shape index (κ2) is 6.88. The van der Waals surface area contributed by atoms with Crippen LogP contribution in [0, 0.1) is 6.92 Å². The van der Waals surface area contributed by atoms with Crippen LogP contribution in [-0.2, 0) is 16.1 Å². The van der Waals surface area contributed by atoms with Crippen molar-refractivity contribution in [2.75, 3.05) is 20.8 Å². The molecule has 0 saturated heterocycles. The highest BCUT2D eigenvalue weighted by atomic mass is 16.5. The lowest BCUT2D eigenvalue weighted by atomic mass is 10.1. The molecule has 0 saturated carbocycles. The summed E-state index contributed by atoms with van der Waals surface area (Å²) in [6.45, 7) is 2.36. The molecular formula is C12H18N2O3. The SMILES string of the molecule is CNNC(=O)COCc1cc(C)ccc1OC. The zero-order valence-corrected chi connectivity index (χ0v) is 10.4. The van der Waals surface area contributed by atoms with Gasteiger partial charge in [-0.3, -0.25) is 10.2 Å². The first-order valence-corrected chi connectivity index (χ1v) is 5.34. The number of hydrogen-bond donors (Lipinski definition) is 2. The van der Waals surface area contributed by atoms with Gasteiger partial charge in [-0.25, -0.2) is 5.43 Å². The van der Waals surface area contributed by atoms with E-state index in [1.54, 1.807) is 14.2 Å². The van der Waals surface area contributed by atoms with E-state index in [-0.39, 0.29) is 12.5 Å². The molecule has 0 heterocycles. The molecule has 0 aromatic heterocycles. The van der Waals surface area contributed by atoms with E-state index in [1.807, 2.05) is 25.1 Å². The van der Waals surface area contributed by atoms with Crippen molar-refractivity contribution in [3.05, 3.63) is 29.3 Å². The number of hydrogen-bond acceptors (Lipinski definition) is 4. The van der Waals surface area contributed by atoms with Gasteiger partial charge in [0.05, 0.1) is 13.7 Å². The average molecular weight is 238 g/mol. The van der Waals surface area contributed by atoms with Crippen LogP contribution in [0.5, 0.6) is 5.75 Å². The van der Waals surface area contributed by atoms with Crippen LogP contribution in [0.15, 0.2) is 18.2 Å². The molecule has 0 aliphatic carbocycles. The van der Waals surface area contributed by atoms with Gasteiger partial charge in [-0.1, -0.05) is 17.7 Å². The molecule has 1 amide bonds. The van der Waals surface area contributed by atoms with Crippen molar-refractivity contribution < 1.29 is 14.3 Å². The van der Waals surface area contributed by atoms with Crippen LogP contribution in [-0.4, -0.2) is 26.7 Å². The number of hydrazine groups is 1. The van der Waals surface area contributed by atoms with Gasteiger partial charge >= 0.3 is 0 Å². The monoisotopic (exact) mass is 238 g/mol. The van der Waals surface area contributed by atoms with Crippen LogP contribution in [0.3, 0.4) is 0 Å². The Bertz CT molecular complexity index is 380. The lowest BCUT2D eigenvalue weighted by Gasteiger charge is -2.10. The van der Waals surface area contributed by atoms with E-state index in [0.717, 1.165) is 16.9 Å². The number of ether oxygens (including phenoxy) is 2. The van der Waals surface area contributed by atoms with Crippen molar-refractivity contribution in [3.8, 4) is 5.75 Å². The van der Waals surface area contributed by atoms with Gasteiger partial charge in [-0.2, -0.15) is 0 Å². The zero-order valence-electron chi connectivity index (χ0n) is 10.4. The molecule has 0 atom stereocenters. The van der Waals surface area contributed by atoms with Gasteiger partial charge in [-0.05, 0) is 13.0 Å². The number of benzene rings is 1. The summed E-state index contributed by atoms with van der Waals surface area (Å²) >= 11 is 0. The minimum absolute atomic E-state index is 0.0118. The summed E-state index contributed by atoms with van der Waals surface area (Å²) < 4.78 is 10.5. The van der Waals surface area contributed by atoms with Crippen molar-refractivity contribution in [1.29, 1.82) is 0 Å². The molecule has 1 aromatic rings. The lowest BCUT2D eigenvalue weighted by Crippen LogP contribution is -2.36. The quantitative estimate of drug-likeness (QED) is 0.719. The van der Waals surface area contributed by atoms with E-state index >= 15 is 0 Å². The molecule has 5 heteroatoms. The van der Waals surface area contributed by atoms with Crippen LogP contribution in [0.2, 0.25) is 0 Å². The Kier molecular flexibility index (Phi) is 5.45. The molecule has 1 aromatic carbocycles. The molecule has 17 heavy (non-hydrogen) atoms. The van der Waals surface area contributed by atoms with E-state index in [4.69, 9.17) is 9.47 Å². The maximum absolute atomic E-state index is 11.1. The molecule has 0 fully saturated rings. The zero-order chi connectivity index (χ0) is 12.7. The van der Waals surface area contributed by atoms with Crippen molar-refractivity contribution in [2.45, 2.75) is 13.5 Å². The fourth-order valence-corrected chi connectivity index (χ4v) is 1.45. The number of nitrogens with one attached hydrogen (secondary N) is 2. The van der Waals surface area contributed by atoms with Crippen molar-refractivity contribution in [3.63, 3.8) is 0 Å². The summed E-state index contributed by atoms with van der Waals surface area (Å²) in [5.74, 6) is 0.559. The molecule has 0 radical (unpaired) electrons. The number of methoxy groups -OCH3 is 1. The fraction of sp³-hybridized carbons (Fsp3) is 0.417. The first-order valence-electron chi connectivity index (χ1n) is 5.34. The van der Waals surface area contributed by atoms with Gasteiger partial charge in [-0.15, -0.1) is 0 Å². The topological polar surface area (TPSA) is 59.6 Å². The first kappa shape index (κ1) is 13.5. The smallest absolute Gasteiger partial charge is 0.260 e. The number of aryl methyl sites for hydroxylation is 1. The fourth-order valence-electron chi connectivity index (χ4n) is 1.45. The molecule has 0 spiro atoms. The molecule has 1 rings (SSSR count). The Balaban J connectivity index is 2.50. The van der Waals surface area contributed by atoms with Crippen LogP contribution in [0.25, 0.3) is 0 Å². The van der Waals surface area contributed by atoms with Crippen molar-refractivity contribution >= 4 is 5.91 Å². The molecule has 0 aliphatic rings. The number of carbonyl (C=O) groups is 1. The molecule has 0 unspecified atom stereocenters.